The van der Waals surface area contributed by atoms with Gasteiger partial charge in [-0.05, 0) is 55.2 Å². The molecule has 0 radical (unpaired) electrons. The van der Waals surface area contributed by atoms with Gasteiger partial charge in [-0.3, -0.25) is 0 Å². The lowest BCUT2D eigenvalue weighted by atomic mass is 10.1. The van der Waals surface area contributed by atoms with Crippen LogP contribution in [0.4, 0.5) is 4.39 Å². The van der Waals surface area contributed by atoms with Crippen molar-refractivity contribution in [2.45, 2.75) is 26.3 Å². The molecule has 0 heterocycles. The Labute approximate surface area is 160 Å². The quantitative estimate of drug-likeness (QED) is 0.401. The maximum atomic E-state index is 13.0. The topological polar surface area (TPSA) is 54.9 Å². The molecule has 0 saturated carbocycles. The Morgan fingerprint density at radius 2 is 1.67 bits per heavy atom. The minimum atomic E-state index is -0.233. The molecule has 2 aromatic carbocycles. The largest absolute Gasteiger partial charge is 0.493 e. The maximum Gasteiger partial charge on any atom is 0.191 e. The minimum Gasteiger partial charge on any atom is -0.493 e. The normalized spacial score (nSPS) is 11.2. The van der Waals surface area contributed by atoms with Crippen molar-refractivity contribution in [3.05, 3.63) is 59.4 Å². The lowest BCUT2D eigenvalue weighted by Crippen LogP contribution is -2.37. The Bertz CT molecular complexity index is 733. The molecule has 2 aromatic rings. The van der Waals surface area contributed by atoms with E-state index in [2.05, 4.69) is 21.7 Å². The number of guanidine groups is 1. The van der Waals surface area contributed by atoms with Crippen LogP contribution in [-0.4, -0.2) is 33.3 Å². The van der Waals surface area contributed by atoms with E-state index in [0.29, 0.717) is 6.54 Å². The predicted octanol–water partition coefficient (Wildman–Crippen LogP) is 3.53. The molecule has 2 rings (SSSR count). The van der Waals surface area contributed by atoms with Gasteiger partial charge in [0.15, 0.2) is 17.5 Å². The third-order valence-electron chi connectivity index (χ3n) is 4.06. The third-order valence-corrected chi connectivity index (χ3v) is 4.06. The van der Waals surface area contributed by atoms with Gasteiger partial charge in [0.2, 0.25) is 0 Å². The number of hydrogen-bond acceptors (Lipinski definition) is 3. The summed E-state index contributed by atoms with van der Waals surface area (Å²) in [5, 5.41) is 6.56. The van der Waals surface area contributed by atoms with Crippen molar-refractivity contribution in [1.29, 1.82) is 0 Å². The summed E-state index contributed by atoms with van der Waals surface area (Å²) in [5.41, 5.74) is 2.17. The monoisotopic (exact) mass is 373 g/mol. The highest BCUT2D eigenvalue weighted by atomic mass is 19.1. The number of benzene rings is 2. The number of ether oxygens (including phenoxy) is 2. The van der Waals surface area contributed by atoms with Crippen LogP contribution in [0.5, 0.6) is 11.5 Å². The van der Waals surface area contributed by atoms with Gasteiger partial charge in [0.1, 0.15) is 5.82 Å². The van der Waals surface area contributed by atoms with Gasteiger partial charge < -0.3 is 20.1 Å². The van der Waals surface area contributed by atoms with Gasteiger partial charge in [-0.2, -0.15) is 0 Å². The second-order valence-corrected chi connectivity index (χ2v) is 6.04. The van der Waals surface area contributed by atoms with Crippen molar-refractivity contribution in [1.82, 2.24) is 10.6 Å². The van der Waals surface area contributed by atoms with Crippen LogP contribution in [0, 0.1) is 5.82 Å². The number of halogens is 1. The molecule has 27 heavy (non-hydrogen) atoms. The summed E-state index contributed by atoms with van der Waals surface area (Å²) < 4.78 is 23.6. The van der Waals surface area contributed by atoms with E-state index in [4.69, 9.17) is 9.47 Å². The summed E-state index contributed by atoms with van der Waals surface area (Å²) in [6, 6.07) is 12.4. The summed E-state index contributed by atoms with van der Waals surface area (Å²) in [6.07, 6.45) is 1.88. The SMILES string of the molecule is CCNC(=NCc1ccc(F)cc1)NCCCc1ccc(OC)c(OC)c1. The Hall–Kier alpha value is -2.76. The molecule has 0 aliphatic carbocycles. The van der Waals surface area contributed by atoms with Gasteiger partial charge in [0.25, 0.3) is 0 Å². The van der Waals surface area contributed by atoms with Gasteiger partial charge in [-0.15, -0.1) is 0 Å². The van der Waals surface area contributed by atoms with E-state index in [1.807, 2.05) is 19.1 Å². The first-order chi connectivity index (χ1) is 13.2. The Balaban J connectivity index is 1.83. The fraction of sp³-hybridized carbons (Fsp3) is 0.381. The third kappa shape index (κ3) is 6.81. The smallest absolute Gasteiger partial charge is 0.191 e. The second kappa shape index (κ2) is 11.1. The number of aliphatic imine (C=N–C) groups is 1. The molecule has 0 fully saturated rings. The molecule has 146 valence electrons. The number of rotatable bonds is 9. The van der Waals surface area contributed by atoms with Crippen LogP contribution >= 0.6 is 0 Å². The van der Waals surface area contributed by atoms with E-state index < -0.39 is 0 Å². The zero-order valence-corrected chi connectivity index (χ0v) is 16.2. The number of nitrogens with zero attached hydrogens (tertiary/aromatic N) is 1. The molecular weight excluding hydrogens is 345 g/mol. The molecule has 6 heteroatoms. The van der Waals surface area contributed by atoms with Crippen LogP contribution in [0.2, 0.25) is 0 Å². The highest BCUT2D eigenvalue weighted by Gasteiger charge is 2.05. The number of aryl methyl sites for hydroxylation is 1. The lowest BCUT2D eigenvalue weighted by Gasteiger charge is -2.12. The van der Waals surface area contributed by atoms with E-state index in [-0.39, 0.29) is 5.82 Å². The minimum absolute atomic E-state index is 0.233. The van der Waals surface area contributed by atoms with Gasteiger partial charge in [0.05, 0.1) is 20.8 Å². The molecule has 0 amide bonds. The van der Waals surface area contributed by atoms with Gasteiger partial charge >= 0.3 is 0 Å². The summed E-state index contributed by atoms with van der Waals surface area (Å²) in [6.45, 7) is 4.11. The molecule has 0 aliphatic heterocycles. The zero-order chi connectivity index (χ0) is 19.5. The molecule has 0 unspecified atom stereocenters. The Morgan fingerprint density at radius 3 is 2.33 bits per heavy atom. The summed E-state index contributed by atoms with van der Waals surface area (Å²) >= 11 is 0. The van der Waals surface area contributed by atoms with E-state index in [1.54, 1.807) is 26.4 Å². The van der Waals surface area contributed by atoms with Crippen LogP contribution < -0.4 is 20.1 Å². The lowest BCUT2D eigenvalue weighted by molar-refractivity contribution is 0.354. The van der Waals surface area contributed by atoms with Crippen molar-refractivity contribution in [2.24, 2.45) is 4.99 Å². The van der Waals surface area contributed by atoms with Crippen LogP contribution in [0.1, 0.15) is 24.5 Å². The first-order valence-corrected chi connectivity index (χ1v) is 9.13. The number of methoxy groups -OCH3 is 2. The second-order valence-electron chi connectivity index (χ2n) is 6.04. The molecule has 0 bridgehead atoms. The summed E-state index contributed by atoms with van der Waals surface area (Å²) in [5.74, 6) is 2.01. The molecule has 0 aromatic heterocycles. The first kappa shape index (κ1) is 20.6. The van der Waals surface area contributed by atoms with Crippen molar-refractivity contribution in [2.75, 3.05) is 27.3 Å². The van der Waals surface area contributed by atoms with Crippen molar-refractivity contribution in [3.8, 4) is 11.5 Å². The molecule has 5 nitrogen and oxygen atoms in total. The fourth-order valence-corrected chi connectivity index (χ4v) is 2.64. The van der Waals surface area contributed by atoms with Gasteiger partial charge in [0, 0.05) is 13.1 Å². The van der Waals surface area contributed by atoms with Gasteiger partial charge in [-0.25, -0.2) is 9.38 Å². The average molecular weight is 373 g/mol. The molecule has 0 saturated heterocycles. The first-order valence-electron chi connectivity index (χ1n) is 9.13. The molecule has 2 N–H and O–H groups in total. The fourth-order valence-electron chi connectivity index (χ4n) is 2.64. The van der Waals surface area contributed by atoms with Crippen LogP contribution in [0.15, 0.2) is 47.5 Å². The molecule has 0 atom stereocenters. The highest BCUT2D eigenvalue weighted by molar-refractivity contribution is 5.79. The van der Waals surface area contributed by atoms with Crippen molar-refractivity contribution < 1.29 is 13.9 Å². The average Bonchev–Trinajstić information content (AvgIpc) is 2.70. The van der Waals surface area contributed by atoms with Crippen LogP contribution in [-0.2, 0) is 13.0 Å². The van der Waals surface area contributed by atoms with E-state index >= 15 is 0 Å². The van der Waals surface area contributed by atoms with E-state index in [1.165, 1.54) is 17.7 Å². The highest BCUT2D eigenvalue weighted by Crippen LogP contribution is 2.27. The Kier molecular flexibility index (Phi) is 8.42. The van der Waals surface area contributed by atoms with Gasteiger partial charge in [-0.1, -0.05) is 18.2 Å². The molecule has 0 spiro atoms. The zero-order valence-electron chi connectivity index (χ0n) is 16.2. The maximum absolute atomic E-state index is 13.0. The molecular formula is C21H28FN3O2. The van der Waals surface area contributed by atoms with Crippen LogP contribution in [0.25, 0.3) is 0 Å². The summed E-state index contributed by atoms with van der Waals surface area (Å²) in [7, 11) is 3.28. The van der Waals surface area contributed by atoms with Crippen molar-refractivity contribution in [3.63, 3.8) is 0 Å². The number of nitrogens with one attached hydrogen (secondary N) is 2. The van der Waals surface area contributed by atoms with Crippen LogP contribution in [0.3, 0.4) is 0 Å². The predicted molar refractivity (Wildman–Crippen MR) is 107 cm³/mol. The van der Waals surface area contributed by atoms with Crippen molar-refractivity contribution >= 4 is 5.96 Å². The summed E-state index contributed by atoms with van der Waals surface area (Å²) in [4.78, 5) is 4.54. The van der Waals surface area contributed by atoms with E-state index in [0.717, 1.165) is 49.0 Å². The van der Waals surface area contributed by atoms with E-state index in [9.17, 15) is 4.39 Å². The Morgan fingerprint density at radius 1 is 0.963 bits per heavy atom. The standard InChI is InChI=1S/C21H28FN3O2/c1-4-23-21(25-15-17-7-10-18(22)11-8-17)24-13-5-6-16-9-12-19(26-2)20(14-16)27-3/h7-12,14H,4-6,13,15H2,1-3H3,(H2,23,24,25). The number of hydrogen-bond donors (Lipinski definition) is 2. The molecule has 0 aliphatic rings.